The predicted octanol–water partition coefficient (Wildman–Crippen LogP) is 2.51. The third-order valence-corrected chi connectivity index (χ3v) is 3.51. The van der Waals surface area contributed by atoms with Crippen LogP contribution in [0.2, 0.25) is 0 Å². The van der Waals surface area contributed by atoms with Crippen molar-refractivity contribution in [1.82, 2.24) is 4.90 Å². The van der Waals surface area contributed by atoms with Crippen molar-refractivity contribution in [2.75, 3.05) is 25.6 Å². The summed E-state index contributed by atoms with van der Waals surface area (Å²) in [6.45, 7) is 2.11. The first kappa shape index (κ1) is 14.5. The summed E-state index contributed by atoms with van der Waals surface area (Å²) in [5, 5.41) is 0. The monoisotopic (exact) mass is 268 g/mol. The lowest BCUT2D eigenvalue weighted by Gasteiger charge is -2.16. The molecule has 4 heteroatoms. The molecule has 0 aliphatic rings. The Hall–Kier alpha value is -0.580. The maximum Gasteiger partial charge on any atom is 0.103 e. The van der Waals surface area contributed by atoms with E-state index in [4.69, 9.17) is 18.0 Å². The van der Waals surface area contributed by atoms with E-state index in [1.54, 1.807) is 0 Å². The molecule has 1 aromatic rings. The summed E-state index contributed by atoms with van der Waals surface area (Å²) >= 11 is 6.83. The topological polar surface area (TPSA) is 29.3 Å². The molecule has 0 aliphatic heterocycles. The minimum Gasteiger partial charge on any atom is -0.389 e. The Morgan fingerprint density at radius 1 is 1.35 bits per heavy atom. The van der Waals surface area contributed by atoms with Gasteiger partial charge in [-0.15, -0.1) is 0 Å². The van der Waals surface area contributed by atoms with Crippen LogP contribution in [0.3, 0.4) is 0 Å². The first-order valence-corrected chi connectivity index (χ1v) is 7.50. The van der Waals surface area contributed by atoms with Crippen molar-refractivity contribution in [1.29, 1.82) is 0 Å². The molecular weight excluding hydrogens is 248 g/mol. The molecule has 0 saturated heterocycles. The Bertz CT molecular complexity index is 349. The molecule has 1 aromatic carbocycles. The second-order valence-corrected chi connectivity index (χ2v) is 5.57. The second kappa shape index (κ2) is 7.69. The Morgan fingerprint density at radius 2 is 2.00 bits per heavy atom. The number of nitrogens with zero attached hydrogens (tertiary/aromatic N) is 1. The van der Waals surface area contributed by atoms with Gasteiger partial charge in [-0.05, 0) is 37.6 Å². The van der Waals surface area contributed by atoms with Crippen molar-refractivity contribution in [2.45, 2.75) is 13.0 Å². The van der Waals surface area contributed by atoms with Gasteiger partial charge in [0.1, 0.15) is 4.99 Å². The molecule has 0 heterocycles. The Morgan fingerprint density at radius 3 is 2.53 bits per heavy atom. The van der Waals surface area contributed by atoms with E-state index in [-0.39, 0.29) is 0 Å². The molecule has 0 aliphatic carbocycles. The zero-order chi connectivity index (χ0) is 12.7. The van der Waals surface area contributed by atoms with Crippen molar-refractivity contribution in [3.63, 3.8) is 0 Å². The minimum atomic E-state index is 0.463. The van der Waals surface area contributed by atoms with Crippen LogP contribution in [0.4, 0.5) is 0 Å². The summed E-state index contributed by atoms with van der Waals surface area (Å²) in [7, 11) is 2.15. The van der Waals surface area contributed by atoms with Crippen molar-refractivity contribution >= 4 is 29.0 Å². The lowest BCUT2D eigenvalue weighted by atomic mass is 10.1. The van der Waals surface area contributed by atoms with Gasteiger partial charge in [-0.3, -0.25) is 0 Å². The molecule has 1 rings (SSSR count). The predicted molar refractivity (Wildman–Crippen MR) is 81.7 cm³/mol. The van der Waals surface area contributed by atoms with E-state index < -0.39 is 0 Å². The third-order valence-electron chi connectivity index (χ3n) is 2.58. The minimum absolute atomic E-state index is 0.463. The van der Waals surface area contributed by atoms with E-state index in [0.29, 0.717) is 4.99 Å². The number of hydrogen-bond donors (Lipinski definition) is 1. The largest absolute Gasteiger partial charge is 0.389 e. The van der Waals surface area contributed by atoms with Gasteiger partial charge in [0.2, 0.25) is 0 Å². The molecule has 0 amide bonds. The van der Waals surface area contributed by atoms with Gasteiger partial charge in [0.15, 0.2) is 0 Å². The molecule has 0 fully saturated rings. The van der Waals surface area contributed by atoms with Crippen molar-refractivity contribution < 1.29 is 0 Å². The van der Waals surface area contributed by atoms with Crippen LogP contribution >= 0.6 is 24.0 Å². The van der Waals surface area contributed by atoms with E-state index in [2.05, 4.69) is 30.3 Å². The first-order valence-electron chi connectivity index (χ1n) is 5.69. The van der Waals surface area contributed by atoms with Crippen LogP contribution in [0.15, 0.2) is 24.3 Å². The first-order chi connectivity index (χ1) is 8.13. The lowest BCUT2D eigenvalue weighted by Crippen LogP contribution is -2.19. The highest BCUT2D eigenvalue weighted by atomic mass is 32.2. The zero-order valence-electron chi connectivity index (χ0n) is 10.5. The molecule has 0 unspecified atom stereocenters. The van der Waals surface area contributed by atoms with Gasteiger partial charge in [-0.25, -0.2) is 0 Å². The summed E-state index contributed by atoms with van der Waals surface area (Å²) in [6, 6.07) is 8.18. The summed E-state index contributed by atoms with van der Waals surface area (Å²) < 4.78 is 0. The molecule has 17 heavy (non-hydrogen) atoms. The van der Waals surface area contributed by atoms with Gasteiger partial charge in [0, 0.05) is 12.1 Å². The molecule has 0 aromatic heterocycles. The van der Waals surface area contributed by atoms with E-state index >= 15 is 0 Å². The molecule has 0 saturated carbocycles. The molecule has 0 spiro atoms. The van der Waals surface area contributed by atoms with Crippen LogP contribution in [0.5, 0.6) is 0 Å². The van der Waals surface area contributed by atoms with Crippen LogP contribution in [0, 0.1) is 0 Å². The summed E-state index contributed by atoms with van der Waals surface area (Å²) in [5.41, 5.74) is 7.81. The average Bonchev–Trinajstić information content (AvgIpc) is 2.30. The third kappa shape index (κ3) is 5.52. The fourth-order valence-corrected chi connectivity index (χ4v) is 2.20. The Balaban J connectivity index is 2.43. The molecule has 94 valence electrons. The SMILES string of the molecule is CSCCCN(C)Cc1ccc(C(N)=S)cc1. The molecule has 0 radical (unpaired) electrons. The molecule has 0 atom stereocenters. The summed E-state index contributed by atoms with van der Waals surface area (Å²) in [5.74, 6) is 1.23. The quantitative estimate of drug-likeness (QED) is 0.608. The van der Waals surface area contributed by atoms with Gasteiger partial charge < -0.3 is 10.6 Å². The summed E-state index contributed by atoms with van der Waals surface area (Å²) in [6.07, 6.45) is 3.39. The normalized spacial score (nSPS) is 10.8. The lowest BCUT2D eigenvalue weighted by molar-refractivity contribution is 0.328. The smallest absolute Gasteiger partial charge is 0.103 e. The molecular formula is C13H20N2S2. The van der Waals surface area contributed by atoms with Crippen molar-refractivity contribution in [3.8, 4) is 0 Å². The zero-order valence-corrected chi connectivity index (χ0v) is 12.1. The number of thiocarbonyl (C=S) groups is 1. The highest BCUT2D eigenvalue weighted by Crippen LogP contribution is 2.07. The number of thioether (sulfide) groups is 1. The highest BCUT2D eigenvalue weighted by Gasteiger charge is 2.01. The van der Waals surface area contributed by atoms with Gasteiger partial charge in [0.25, 0.3) is 0 Å². The van der Waals surface area contributed by atoms with Gasteiger partial charge in [-0.2, -0.15) is 11.8 Å². The highest BCUT2D eigenvalue weighted by molar-refractivity contribution is 7.98. The molecule has 0 bridgehead atoms. The van der Waals surface area contributed by atoms with Gasteiger partial charge in [-0.1, -0.05) is 36.5 Å². The maximum absolute atomic E-state index is 5.56. The van der Waals surface area contributed by atoms with Crippen LogP contribution < -0.4 is 5.73 Å². The van der Waals surface area contributed by atoms with Crippen LogP contribution in [0.25, 0.3) is 0 Å². The fourth-order valence-electron chi connectivity index (χ4n) is 1.64. The number of rotatable bonds is 7. The Labute approximate surface area is 114 Å². The van der Waals surface area contributed by atoms with E-state index in [9.17, 15) is 0 Å². The fraction of sp³-hybridized carbons (Fsp3) is 0.462. The van der Waals surface area contributed by atoms with Crippen molar-refractivity contribution in [3.05, 3.63) is 35.4 Å². The van der Waals surface area contributed by atoms with Crippen LogP contribution in [-0.2, 0) is 6.54 Å². The van der Waals surface area contributed by atoms with Gasteiger partial charge >= 0.3 is 0 Å². The number of nitrogens with two attached hydrogens (primary N) is 1. The van der Waals surface area contributed by atoms with Crippen LogP contribution in [-0.4, -0.2) is 35.5 Å². The van der Waals surface area contributed by atoms with Crippen molar-refractivity contribution in [2.24, 2.45) is 5.73 Å². The number of benzene rings is 1. The Kier molecular flexibility index (Phi) is 6.55. The average molecular weight is 268 g/mol. The maximum atomic E-state index is 5.56. The summed E-state index contributed by atoms with van der Waals surface area (Å²) in [4.78, 5) is 2.80. The number of hydrogen-bond acceptors (Lipinski definition) is 3. The van der Waals surface area contributed by atoms with Gasteiger partial charge in [0.05, 0.1) is 0 Å². The molecule has 2 nitrogen and oxygen atoms in total. The van der Waals surface area contributed by atoms with E-state index in [0.717, 1.165) is 18.7 Å². The van der Waals surface area contributed by atoms with E-state index in [1.807, 2.05) is 23.9 Å². The van der Waals surface area contributed by atoms with Crippen LogP contribution in [0.1, 0.15) is 17.5 Å². The standard InChI is InChI=1S/C13H20N2S2/c1-15(8-3-9-17-2)10-11-4-6-12(7-5-11)13(14)16/h4-7H,3,8-10H2,1-2H3,(H2,14,16). The molecule has 2 N–H and O–H groups in total. The second-order valence-electron chi connectivity index (χ2n) is 4.15. The van der Waals surface area contributed by atoms with E-state index in [1.165, 1.54) is 17.7 Å².